The number of esters is 1. The Labute approximate surface area is 169 Å². The van der Waals surface area contributed by atoms with Crippen LogP contribution < -0.4 is 14.8 Å². The molecule has 0 saturated carbocycles. The normalized spacial score (nSPS) is 11.5. The van der Waals surface area contributed by atoms with Gasteiger partial charge in [-0.1, -0.05) is 23.7 Å². The fourth-order valence-electron chi connectivity index (χ4n) is 2.57. The molecule has 0 heterocycles. The van der Waals surface area contributed by atoms with Crippen LogP contribution in [0.2, 0.25) is 5.02 Å². The molecular formula is C21H24ClNO5. The molecule has 6 nitrogen and oxygen atoms in total. The lowest BCUT2D eigenvalue weighted by molar-refractivity contribution is -0.153. The van der Waals surface area contributed by atoms with Crippen LogP contribution in [-0.2, 0) is 20.7 Å². The van der Waals surface area contributed by atoms with Crippen molar-refractivity contribution in [1.82, 2.24) is 0 Å². The number of rotatable bonds is 8. The maximum absolute atomic E-state index is 12.3. The number of benzene rings is 2. The zero-order valence-electron chi connectivity index (χ0n) is 16.4. The molecule has 0 aliphatic heterocycles. The summed E-state index contributed by atoms with van der Waals surface area (Å²) in [7, 11) is 3.12. The van der Waals surface area contributed by atoms with Crippen molar-refractivity contribution in [2.45, 2.75) is 32.8 Å². The third-order valence-electron chi connectivity index (χ3n) is 4.27. The molecule has 2 aromatic carbocycles. The second-order valence-electron chi connectivity index (χ2n) is 6.22. The number of carbonyl (C=O) groups is 2. The highest BCUT2D eigenvalue weighted by molar-refractivity contribution is 6.31. The Hall–Kier alpha value is -2.73. The van der Waals surface area contributed by atoms with Gasteiger partial charge in [0.2, 0.25) is 0 Å². The van der Waals surface area contributed by atoms with Crippen LogP contribution in [0.1, 0.15) is 24.5 Å². The first kappa shape index (κ1) is 21.6. The monoisotopic (exact) mass is 405 g/mol. The molecule has 0 bridgehead atoms. The third-order valence-corrected chi connectivity index (χ3v) is 4.68. The number of amides is 1. The van der Waals surface area contributed by atoms with Crippen LogP contribution in [-0.4, -0.2) is 32.2 Å². The van der Waals surface area contributed by atoms with Crippen molar-refractivity contribution in [1.29, 1.82) is 0 Å². The van der Waals surface area contributed by atoms with Crippen LogP contribution in [0.3, 0.4) is 0 Å². The van der Waals surface area contributed by atoms with E-state index in [1.165, 1.54) is 6.92 Å². The minimum atomic E-state index is -0.920. The van der Waals surface area contributed by atoms with Gasteiger partial charge >= 0.3 is 5.97 Å². The molecule has 0 spiro atoms. The van der Waals surface area contributed by atoms with Crippen LogP contribution in [0.15, 0.2) is 36.4 Å². The fourth-order valence-corrected chi connectivity index (χ4v) is 2.74. The van der Waals surface area contributed by atoms with E-state index in [1.54, 1.807) is 45.4 Å². The highest BCUT2D eigenvalue weighted by atomic mass is 35.5. The smallest absolute Gasteiger partial charge is 0.306 e. The maximum atomic E-state index is 12.3. The van der Waals surface area contributed by atoms with Gasteiger partial charge < -0.3 is 19.5 Å². The second-order valence-corrected chi connectivity index (χ2v) is 6.63. The van der Waals surface area contributed by atoms with Crippen molar-refractivity contribution in [2.75, 3.05) is 19.5 Å². The molecule has 1 atom stereocenters. The SMILES string of the molecule is COc1ccc(CCC(=O)O[C@H](C)C(=O)Nc2cccc(Cl)c2C)cc1OC. The molecule has 0 aliphatic rings. The number of nitrogens with one attached hydrogen (secondary N) is 1. The number of hydrogen-bond donors (Lipinski definition) is 1. The highest BCUT2D eigenvalue weighted by Crippen LogP contribution is 2.28. The molecule has 150 valence electrons. The number of carbonyl (C=O) groups excluding carboxylic acids is 2. The highest BCUT2D eigenvalue weighted by Gasteiger charge is 2.19. The summed E-state index contributed by atoms with van der Waals surface area (Å²) in [6.45, 7) is 3.33. The Morgan fingerprint density at radius 2 is 1.82 bits per heavy atom. The van der Waals surface area contributed by atoms with Gasteiger partial charge in [-0.3, -0.25) is 9.59 Å². The van der Waals surface area contributed by atoms with E-state index < -0.39 is 18.0 Å². The molecule has 2 rings (SSSR count). The summed E-state index contributed by atoms with van der Waals surface area (Å²) in [5.74, 6) is 0.346. The molecule has 0 fully saturated rings. The topological polar surface area (TPSA) is 73.9 Å². The van der Waals surface area contributed by atoms with Gasteiger partial charge in [0.25, 0.3) is 5.91 Å². The van der Waals surface area contributed by atoms with Gasteiger partial charge in [0.1, 0.15) is 0 Å². The van der Waals surface area contributed by atoms with Gasteiger partial charge in [0, 0.05) is 17.1 Å². The maximum Gasteiger partial charge on any atom is 0.306 e. The molecule has 7 heteroatoms. The lowest BCUT2D eigenvalue weighted by atomic mass is 10.1. The Morgan fingerprint density at radius 1 is 1.11 bits per heavy atom. The zero-order chi connectivity index (χ0) is 20.7. The largest absolute Gasteiger partial charge is 0.493 e. The Bertz CT molecular complexity index is 853. The van der Waals surface area contributed by atoms with Crippen molar-refractivity contribution >= 4 is 29.2 Å². The second kappa shape index (κ2) is 9.99. The van der Waals surface area contributed by atoms with Crippen molar-refractivity contribution in [3.63, 3.8) is 0 Å². The minimum absolute atomic E-state index is 0.142. The lowest BCUT2D eigenvalue weighted by Gasteiger charge is -2.15. The van der Waals surface area contributed by atoms with Crippen LogP contribution in [0.4, 0.5) is 5.69 Å². The summed E-state index contributed by atoms with van der Waals surface area (Å²) in [5, 5.41) is 3.28. The Kier molecular flexibility index (Phi) is 7.70. The average Bonchev–Trinajstić information content (AvgIpc) is 2.69. The van der Waals surface area contributed by atoms with Gasteiger partial charge in [-0.15, -0.1) is 0 Å². The first-order valence-corrected chi connectivity index (χ1v) is 9.19. The lowest BCUT2D eigenvalue weighted by Crippen LogP contribution is -2.30. The molecule has 1 N–H and O–H groups in total. The predicted molar refractivity (Wildman–Crippen MR) is 108 cm³/mol. The summed E-state index contributed by atoms with van der Waals surface area (Å²) >= 11 is 6.05. The summed E-state index contributed by atoms with van der Waals surface area (Å²) in [5.41, 5.74) is 2.25. The molecule has 0 aromatic heterocycles. The van der Waals surface area contributed by atoms with E-state index in [2.05, 4.69) is 5.32 Å². The van der Waals surface area contributed by atoms with Crippen LogP contribution in [0.25, 0.3) is 0 Å². The molecular weight excluding hydrogens is 382 g/mol. The van der Waals surface area contributed by atoms with Crippen molar-refractivity contribution in [2.24, 2.45) is 0 Å². The fraction of sp³-hybridized carbons (Fsp3) is 0.333. The van der Waals surface area contributed by atoms with E-state index in [0.29, 0.717) is 28.6 Å². The summed E-state index contributed by atoms with van der Waals surface area (Å²) in [6, 6.07) is 10.7. The summed E-state index contributed by atoms with van der Waals surface area (Å²) in [4.78, 5) is 24.4. The quantitative estimate of drug-likeness (QED) is 0.667. The molecule has 2 aromatic rings. The zero-order valence-corrected chi connectivity index (χ0v) is 17.1. The van der Waals surface area contributed by atoms with E-state index in [9.17, 15) is 9.59 Å². The number of aryl methyl sites for hydroxylation is 1. The van der Waals surface area contributed by atoms with E-state index in [-0.39, 0.29) is 6.42 Å². The molecule has 0 aliphatic carbocycles. The van der Waals surface area contributed by atoms with E-state index in [4.69, 9.17) is 25.8 Å². The molecule has 1 amide bonds. The van der Waals surface area contributed by atoms with Gasteiger partial charge in [0.05, 0.1) is 14.2 Å². The number of anilines is 1. The van der Waals surface area contributed by atoms with Gasteiger partial charge in [-0.2, -0.15) is 0 Å². The average molecular weight is 406 g/mol. The van der Waals surface area contributed by atoms with E-state index in [0.717, 1.165) is 11.1 Å². The number of methoxy groups -OCH3 is 2. The molecule has 0 saturated heterocycles. The van der Waals surface area contributed by atoms with Crippen LogP contribution in [0.5, 0.6) is 11.5 Å². The first-order chi connectivity index (χ1) is 13.3. The van der Waals surface area contributed by atoms with Gasteiger partial charge in [0.15, 0.2) is 17.6 Å². The van der Waals surface area contributed by atoms with E-state index >= 15 is 0 Å². The predicted octanol–water partition coefficient (Wildman–Crippen LogP) is 4.17. The summed E-state index contributed by atoms with van der Waals surface area (Å²) in [6.07, 6.45) is -0.319. The van der Waals surface area contributed by atoms with Gasteiger partial charge in [-0.05, 0) is 55.7 Å². The number of ether oxygens (including phenoxy) is 3. The minimum Gasteiger partial charge on any atom is -0.493 e. The molecule has 28 heavy (non-hydrogen) atoms. The first-order valence-electron chi connectivity index (χ1n) is 8.82. The molecule has 0 radical (unpaired) electrons. The number of halogens is 1. The Morgan fingerprint density at radius 3 is 2.50 bits per heavy atom. The van der Waals surface area contributed by atoms with Crippen LogP contribution >= 0.6 is 11.6 Å². The van der Waals surface area contributed by atoms with E-state index in [1.807, 2.05) is 12.1 Å². The van der Waals surface area contributed by atoms with Gasteiger partial charge in [-0.25, -0.2) is 0 Å². The third kappa shape index (κ3) is 5.63. The standard InChI is InChI=1S/C21H24ClNO5/c1-13-16(22)6-5-7-17(13)23-21(25)14(2)28-20(24)11-9-15-8-10-18(26-3)19(12-15)27-4/h5-8,10,12,14H,9,11H2,1-4H3,(H,23,25)/t14-/m1/s1. The van der Waals surface area contributed by atoms with Crippen molar-refractivity contribution < 1.29 is 23.8 Å². The van der Waals surface area contributed by atoms with Crippen molar-refractivity contribution in [3.05, 3.63) is 52.5 Å². The molecule has 0 unspecified atom stereocenters. The van der Waals surface area contributed by atoms with Crippen molar-refractivity contribution in [3.8, 4) is 11.5 Å². The van der Waals surface area contributed by atoms with Crippen LogP contribution in [0, 0.1) is 6.92 Å². The summed E-state index contributed by atoms with van der Waals surface area (Å²) < 4.78 is 15.7. The Balaban J connectivity index is 1.88. The number of hydrogen-bond acceptors (Lipinski definition) is 5.